The molecule has 0 bridgehead atoms. The summed E-state index contributed by atoms with van der Waals surface area (Å²) in [6.45, 7) is 2.19. The number of halogens is 1. The summed E-state index contributed by atoms with van der Waals surface area (Å²) in [5, 5.41) is 7.65. The third-order valence-electron chi connectivity index (χ3n) is 3.61. The summed E-state index contributed by atoms with van der Waals surface area (Å²) in [4.78, 5) is 0. The molecule has 0 aliphatic carbocycles. The Kier molecular flexibility index (Phi) is 4.63. The molecule has 1 saturated heterocycles. The summed E-state index contributed by atoms with van der Waals surface area (Å²) in [7, 11) is 0. The average molecular weight is 303 g/mol. The minimum absolute atomic E-state index is 0.564. The molecule has 3 rings (SSSR count). The average Bonchev–Trinajstić information content (AvgIpc) is 2.53. The standard InChI is InChI=1S/C17H19ClN2O/c18-13-1-5-16(6-2-13)21-17-7-3-14(4-8-17)20-15-9-11-19-12-10-15/h1-8,15,19-20H,9-12H2. The van der Waals surface area contributed by atoms with Crippen LogP contribution in [0.15, 0.2) is 48.5 Å². The van der Waals surface area contributed by atoms with E-state index in [0.29, 0.717) is 11.1 Å². The van der Waals surface area contributed by atoms with Crippen LogP contribution < -0.4 is 15.4 Å². The van der Waals surface area contributed by atoms with Crippen LogP contribution in [0.5, 0.6) is 11.5 Å². The van der Waals surface area contributed by atoms with Crippen molar-refractivity contribution in [1.82, 2.24) is 5.32 Å². The van der Waals surface area contributed by atoms with Gasteiger partial charge in [-0.05, 0) is 74.5 Å². The van der Waals surface area contributed by atoms with E-state index in [9.17, 15) is 0 Å². The molecule has 0 unspecified atom stereocenters. The van der Waals surface area contributed by atoms with Crippen LogP contribution in [0.25, 0.3) is 0 Å². The third kappa shape index (κ3) is 4.13. The summed E-state index contributed by atoms with van der Waals surface area (Å²) in [5.74, 6) is 1.62. The smallest absolute Gasteiger partial charge is 0.127 e. The van der Waals surface area contributed by atoms with Crippen LogP contribution in [0.2, 0.25) is 5.02 Å². The van der Waals surface area contributed by atoms with Gasteiger partial charge in [-0.15, -0.1) is 0 Å². The van der Waals surface area contributed by atoms with E-state index in [0.717, 1.165) is 30.3 Å². The number of rotatable bonds is 4. The Morgan fingerprint density at radius 3 is 2.10 bits per heavy atom. The minimum atomic E-state index is 0.564. The van der Waals surface area contributed by atoms with Crippen molar-refractivity contribution < 1.29 is 4.74 Å². The molecule has 0 atom stereocenters. The monoisotopic (exact) mass is 302 g/mol. The molecule has 2 aromatic carbocycles. The highest BCUT2D eigenvalue weighted by atomic mass is 35.5. The van der Waals surface area contributed by atoms with Crippen LogP contribution in [-0.4, -0.2) is 19.1 Å². The van der Waals surface area contributed by atoms with E-state index < -0.39 is 0 Å². The fraction of sp³-hybridized carbons (Fsp3) is 0.294. The van der Waals surface area contributed by atoms with Gasteiger partial charge in [0.1, 0.15) is 11.5 Å². The minimum Gasteiger partial charge on any atom is -0.457 e. The number of ether oxygens (including phenoxy) is 1. The molecule has 0 aromatic heterocycles. The molecule has 3 nitrogen and oxygen atoms in total. The second-order valence-electron chi connectivity index (χ2n) is 5.25. The van der Waals surface area contributed by atoms with Crippen molar-refractivity contribution in [2.75, 3.05) is 18.4 Å². The highest BCUT2D eigenvalue weighted by Gasteiger charge is 2.12. The summed E-state index contributed by atoms with van der Waals surface area (Å²) in [6.07, 6.45) is 2.34. The number of hydrogen-bond acceptors (Lipinski definition) is 3. The van der Waals surface area contributed by atoms with Crippen LogP contribution >= 0.6 is 11.6 Å². The molecule has 4 heteroatoms. The lowest BCUT2D eigenvalue weighted by Gasteiger charge is -2.24. The van der Waals surface area contributed by atoms with Crippen molar-refractivity contribution in [3.63, 3.8) is 0 Å². The molecule has 2 aromatic rings. The predicted molar refractivity (Wildman–Crippen MR) is 87.5 cm³/mol. The molecular formula is C17H19ClN2O. The van der Waals surface area contributed by atoms with Gasteiger partial charge in [-0.3, -0.25) is 0 Å². The number of piperidine rings is 1. The van der Waals surface area contributed by atoms with Crippen molar-refractivity contribution in [2.24, 2.45) is 0 Å². The SMILES string of the molecule is Clc1ccc(Oc2ccc(NC3CCNCC3)cc2)cc1. The number of nitrogens with one attached hydrogen (secondary N) is 2. The van der Waals surface area contributed by atoms with E-state index in [4.69, 9.17) is 16.3 Å². The summed E-state index contributed by atoms with van der Waals surface area (Å²) in [5.41, 5.74) is 1.14. The van der Waals surface area contributed by atoms with Gasteiger partial charge in [0, 0.05) is 16.8 Å². The molecule has 1 aliphatic rings. The lowest BCUT2D eigenvalue weighted by molar-refractivity contribution is 0.477. The Morgan fingerprint density at radius 1 is 0.905 bits per heavy atom. The lowest BCUT2D eigenvalue weighted by Crippen LogP contribution is -2.35. The van der Waals surface area contributed by atoms with E-state index in [1.54, 1.807) is 0 Å². The van der Waals surface area contributed by atoms with Gasteiger partial charge < -0.3 is 15.4 Å². The largest absolute Gasteiger partial charge is 0.457 e. The number of benzene rings is 2. The van der Waals surface area contributed by atoms with Gasteiger partial charge >= 0.3 is 0 Å². The molecule has 2 N–H and O–H groups in total. The van der Waals surface area contributed by atoms with Crippen molar-refractivity contribution >= 4 is 17.3 Å². The highest BCUT2D eigenvalue weighted by molar-refractivity contribution is 6.30. The van der Waals surface area contributed by atoms with Crippen molar-refractivity contribution in [3.05, 3.63) is 53.6 Å². The number of hydrogen-bond donors (Lipinski definition) is 2. The lowest BCUT2D eigenvalue weighted by atomic mass is 10.1. The van der Waals surface area contributed by atoms with E-state index in [1.807, 2.05) is 36.4 Å². The zero-order valence-corrected chi connectivity index (χ0v) is 12.6. The molecule has 0 radical (unpaired) electrons. The maximum Gasteiger partial charge on any atom is 0.127 e. The zero-order valence-electron chi connectivity index (χ0n) is 11.8. The Morgan fingerprint density at radius 2 is 1.48 bits per heavy atom. The third-order valence-corrected chi connectivity index (χ3v) is 3.87. The molecule has 0 saturated carbocycles. The van der Waals surface area contributed by atoms with Gasteiger partial charge in [0.25, 0.3) is 0 Å². The van der Waals surface area contributed by atoms with Crippen molar-refractivity contribution in [3.8, 4) is 11.5 Å². The van der Waals surface area contributed by atoms with Gasteiger partial charge in [0.05, 0.1) is 0 Å². The van der Waals surface area contributed by atoms with Crippen LogP contribution in [0.1, 0.15) is 12.8 Å². The predicted octanol–water partition coefficient (Wildman–Crippen LogP) is 4.30. The van der Waals surface area contributed by atoms with Crippen LogP contribution in [-0.2, 0) is 0 Å². The van der Waals surface area contributed by atoms with Crippen LogP contribution in [0.4, 0.5) is 5.69 Å². The van der Waals surface area contributed by atoms with E-state index in [1.165, 1.54) is 12.8 Å². The molecule has 1 heterocycles. The molecule has 110 valence electrons. The molecule has 1 aliphatic heterocycles. The van der Waals surface area contributed by atoms with Gasteiger partial charge in [-0.1, -0.05) is 11.6 Å². The Hall–Kier alpha value is -1.71. The maximum absolute atomic E-state index is 5.86. The summed E-state index contributed by atoms with van der Waals surface area (Å²) >= 11 is 5.86. The Labute approximate surface area is 130 Å². The summed E-state index contributed by atoms with van der Waals surface area (Å²) in [6, 6.07) is 16.0. The van der Waals surface area contributed by atoms with Crippen LogP contribution in [0, 0.1) is 0 Å². The van der Waals surface area contributed by atoms with Crippen molar-refractivity contribution in [1.29, 1.82) is 0 Å². The quantitative estimate of drug-likeness (QED) is 0.883. The Balaban J connectivity index is 1.59. The van der Waals surface area contributed by atoms with Gasteiger partial charge in [0.2, 0.25) is 0 Å². The normalized spacial score (nSPS) is 15.7. The first kappa shape index (κ1) is 14.2. The number of anilines is 1. The zero-order chi connectivity index (χ0) is 14.5. The molecule has 21 heavy (non-hydrogen) atoms. The second-order valence-corrected chi connectivity index (χ2v) is 5.69. The van der Waals surface area contributed by atoms with E-state index >= 15 is 0 Å². The second kappa shape index (κ2) is 6.83. The van der Waals surface area contributed by atoms with E-state index in [-0.39, 0.29) is 0 Å². The first-order valence-electron chi connectivity index (χ1n) is 7.30. The highest BCUT2D eigenvalue weighted by Crippen LogP contribution is 2.25. The fourth-order valence-electron chi connectivity index (χ4n) is 2.46. The van der Waals surface area contributed by atoms with Gasteiger partial charge in [-0.25, -0.2) is 0 Å². The Bertz CT molecular complexity index is 562. The molecule has 0 amide bonds. The van der Waals surface area contributed by atoms with Gasteiger partial charge in [0.15, 0.2) is 0 Å². The first-order valence-corrected chi connectivity index (χ1v) is 7.68. The summed E-state index contributed by atoms with van der Waals surface area (Å²) < 4.78 is 5.78. The van der Waals surface area contributed by atoms with Gasteiger partial charge in [-0.2, -0.15) is 0 Å². The first-order chi connectivity index (χ1) is 10.3. The topological polar surface area (TPSA) is 33.3 Å². The maximum atomic E-state index is 5.86. The molecule has 1 fully saturated rings. The fourth-order valence-corrected chi connectivity index (χ4v) is 2.59. The molecule has 0 spiro atoms. The van der Waals surface area contributed by atoms with E-state index in [2.05, 4.69) is 22.8 Å². The molecular weight excluding hydrogens is 284 g/mol. The van der Waals surface area contributed by atoms with Crippen molar-refractivity contribution in [2.45, 2.75) is 18.9 Å². The van der Waals surface area contributed by atoms with Crippen LogP contribution in [0.3, 0.4) is 0 Å².